The lowest BCUT2D eigenvalue weighted by Crippen LogP contribution is -2.44. The molecule has 0 aliphatic carbocycles. The zero-order valence-corrected chi connectivity index (χ0v) is 9.14. The molecule has 0 bridgehead atoms. The maximum atomic E-state index is 12.1. The Hall–Kier alpha value is -1.09. The highest BCUT2D eigenvalue weighted by atomic mass is 35.5. The number of hydrogen-bond acceptors (Lipinski definition) is 3. The fraction of sp³-hybridized carbons (Fsp3) is 0.500. The lowest BCUT2D eigenvalue weighted by atomic mass is 10.3. The van der Waals surface area contributed by atoms with Crippen LogP contribution in [0, 0.1) is 0 Å². The maximum absolute atomic E-state index is 12.1. The van der Waals surface area contributed by atoms with E-state index in [4.69, 9.17) is 11.6 Å². The highest BCUT2D eigenvalue weighted by molar-refractivity contribution is 6.29. The van der Waals surface area contributed by atoms with Crippen LogP contribution in [0.2, 0.25) is 5.15 Å². The first kappa shape index (κ1) is 15.0. The topological polar surface area (TPSA) is 35.0 Å². The summed E-state index contributed by atoms with van der Waals surface area (Å²) in [5.41, 5.74) is -0.196. The molecule has 0 aliphatic heterocycles. The van der Waals surface area contributed by atoms with Gasteiger partial charge in [-0.1, -0.05) is 11.6 Å². The third-order valence-corrected chi connectivity index (χ3v) is 1.88. The minimum atomic E-state index is -5.54. The van der Waals surface area contributed by atoms with Crippen molar-refractivity contribution in [1.29, 1.82) is 0 Å². The molecule has 0 aromatic carbocycles. The Morgan fingerprint density at radius 1 is 1.06 bits per heavy atom. The van der Waals surface area contributed by atoms with Crippen molar-refractivity contribution in [1.82, 2.24) is 10.2 Å². The summed E-state index contributed by atoms with van der Waals surface area (Å²) < 4.78 is 76.3. The minimum absolute atomic E-state index is 0.0399. The minimum Gasteiger partial charge on any atom is -0.354 e. The van der Waals surface area contributed by atoms with Crippen LogP contribution in [0.5, 0.6) is 0 Å². The highest BCUT2D eigenvalue weighted by Gasteiger charge is 2.57. The van der Waals surface area contributed by atoms with Crippen molar-refractivity contribution in [3.05, 3.63) is 23.0 Å². The smallest absolute Gasteiger partial charge is 0.354 e. The van der Waals surface area contributed by atoms with Gasteiger partial charge in [-0.25, -0.2) is 0 Å². The van der Waals surface area contributed by atoms with E-state index in [9.17, 15) is 26.3 Å². The normalized spacial score (nSPS) is 13.1. The Bertz CT molecular complexity index is 376. The Labute approximate surface area is 102 Å². The van der Waals surface area contributed by atoms with Crippen LogP contribution in [0.4, 0.5) is 26.3 Å². The number of aromatic nitrogens is 2. The highest BCUT2D eigenvalue weighted by Crippen LogP contribution is 2.36. The van der Waals surface area contributed by atoms with Crippen LogP contribution in [-0.4, -0.2) is 28.7 Å². The summed E-state index contributed by atoms with van der Waals surface area (Å²) in [5.74, 6) is 0. The molecule has 1 rings (SSSR count). The van der Waals surface area contributed by atoms with Crippen molar-refractivity contribution >= 4 is 11.6 Å². The molecule has 0 amide bonds. The number of ether oxygens (including phenoxy) is 1. The van der Waals surface area contributed by atoms with E-state index in [0.717, 1.165) is 6.07 Å². The number of rotatable bonds is 3. The third-order valence-electron chi connectivity index (χ3n) is 1.68. The predicted octanol–water partition coefficient (Wildman–Crippen LogP) is 3.14. The molecule has 1 heterocycles. The van der Waals surface area contributed by atoms with E-state index in [2.05, 4.69) is 14.9 Å². The summed E-state index contributed by atoms with van der Waals surface area (Å²) in [4.78, 5) is 0. The Morgan fingerprint density at radius 2 is 1.61 bits per heavy atom. The van der Waals surface area contributed by atoms with Crippen LogP contribution in [0.3, 0.4) is 0 Å². The zero-order chi connectivity index (χ0) is 14.0. The van der Waals surface area contributed by atoms with Crippen LogP contribution in [-0.2, 0) is 11.3 Å². The van der Waals surface area contributed by atoms with Crippen LogP contribution >= 0.6 is 11.6 Å². The van der Waals surface area contributed by atoms with Crippen LogP contribution in [0.1, 0.15) is 5.69 Å². The third kappa shape index (κ3) is 4.30. The van der Waals surface area contributed by atoms with Crippen molar-refractivity contribution in [2.24, 2.45) is 0 Å². The fourth-order valence-corrected chi connectivity index (χ4v) is 1.06. The molecule has 0 spiro atoms. The second kappa shape index (κ2) is 5.27. The van der Waals surface area contributed by atoms with Gasteiger partial charge in [0.05, 0.1) is 12.3 Å². The van der Waals surface area contributed by atoms with Gasteiger partial charge in [0, 0.05) is 0 Å². The van der Waals surface area contributed by atoms with Gasteiger partial charge in [-0.2, -0.15) is 31.4 Å². The SMILES string of the molecule is FC(F)(F)C(OCc1ccc(Cl)nn1)C(F)(F)F. The van der Waals surface area contributed by atoms with Crippen LogP contribution < -0.4 is 0 Å². The molecular formula is C8H5ClF6N2O. The molecule has 10 heteroatoms. The van der Waals surface area contributed by atoms with Crippen LogP contribution in [0.25, 0.3) is 0 Å². The number of hydrogen-bond donors (Lipinski definition) is 0. The van der Waals surface area contributed by atoms with E-state index < -0.39 is 25.1 Å². The lowest BCUT2D eigenvalue weighted by Gasteiger charge is -2.22. The molecular weight excluding hydrogens is 290 g/mol. The molecule has 102 valence electrons. The van der Waals surface area contributed by atoms with Crippen molar-refractivity contribution in [2.75, 3.05) is 0 Å². The van der Waals surface area contributed by atoms with Crippen molar-refractivity contribution < 1.29 is 31.1 Å². The molecule has 0 fully saturated rings. The van der Waals surface area contributed by atoms with Gasteiger partial charge >= 0.3 is 12.4 Å². The van der Waals surface area contributed by atoms with E-state index in [1.807, 2.05) is 0 Å². The zero-order valence-electron chi connectivity index (χ0n) is 8.39. The standard InChI is InChI=1S/C8H5ClF6N2O/c9-5-2-1-4(16-17-5)3-18-6(7(10,11)12)8(13,14)15/h1-2,6H,3H2. The number of alkyl halides is 6. The molecule has 0 N–H and O–H groups in total. The van der Waals surface area contributed by atoms with Gasteiger partial charge in [-0.15, -0.1) is 5.10 Å². The van der Waals surface area contributed by atoms with Crippen molar-refractivity contribution in [3.8, 4) is 0 Å². The largest absolute Gasteiger partial charge is 0.423 e. The predicted molar refractivity (Wildman–Crippen MR) is 47.7 cm³/mol. The molecule has 0 unspecified atom stereocenters. The Balaban J connectivity index is 2.72. The quantitative estimate of drug-likeness (QED) is 0.803. The van der Waals surface area contributed by atoms with Gasteiger partial charge in [0.2, 0.25) is 6.10 Å². The summed E-state index contributed by atoms with van der Waals surface area (Å²) in [5, 5.41) is 6.49. The molecule has 0 radical (unpaired) electrons. The van der Waals surface area contributed by atoms with E-state index >= 15 is 0 Å². The van der Waals surface area contributed by atoms with Crippen molar-refractivity contribution in [2.45, 2.75) is 25.1 Å². The van der Waals surface area contributed by atoms with Gasteiger partial charge in [-0.3, -0.25) is 0 Å². The molecule has 0 aliphatic rings. The summed E-state index contributed by atoms with van der Waals surface area (Å²) in [6, 6.07) is 2.28. The second-order valence-corrected chi connectivity index (χ2v) is 3.51. The first-order valence-corrected chi connectivity index (χ1v) is 4.71. The molecule has 0 saturated carbocycles. The Morgan fingerprint density at radius 3 is 2.00 bits per heavy atom. The Kier molecular flexibility index (Phi) is 4.38. The summed E-state index contributed by atoms with van der Waals surface area (Å²) in [7, 11) is 0. The van der Waals surface area contributed by atoms with Gasteiger partial charge in [0.1, 0.15) is 0 Å². The second-order valence-electron chi connectivity index (χ2n) is 3.12. The summed E-state index contributed by atoms with van der Waals surface area (Å²) in [6.45, 7) is -0.978. The average Bonchev–Trinajstić information content (AvgIpc) is 2.17. The van der Waals surface area contributed by atoms with Gasteiger partial charge < -0.3 is 4.74 Å². The number of halogens is 7. The lowest BCUT2D eigenvalue weighted by molar-refractivity contribution is -0.324. The van der Waals surface area contributed by atoms with Crippen LogP contribution in [0.15, 0.2) is 12.1 Å². The maximum Gasteiger partial charge on any atom is 0.423 e. The molecule has 0 atom stereocenters. The van der Waals surface area contributed by atoms with Gasteiger partial charge in [0.15, 0.2) is 5.15 Å². The van der Waals surface area contributed by atoms with Gasteiger partial charge in [0.25, 0.3) is 0 Å². The molecule has 1 aromatic rings. The average molecular weight is 295 g/mol. The van der Waals surface area contributed by atoms with E-state index in [-0.39, 0.29) is 10.8 Å². The van der Waals surface area contributed by atoms with E-state index in [0.29, 0.717) is 0 Å². The number of nitrogens with zero attached hydrogens (tertiary/aromatic N) is 2. The van der Waals surface area contributed by atoms with Gasteiger partial charge in [-0.05, 0) is 12.1 Å². The fourth-order valence-electron chi connectivity index (χ4n) is 0.964. The van der Waals surface area contributed by atoms with Crippen molar-refractivity contribution in [3.63, 3.8) is 0 Å². The molecule has 1 aromatic heterocycles. The van der Waals surface area contributed by atoms with E-state index in [1.54, 1.807) is 0 Å². The summed E-state index contributed by atoms with van der Waals surface area (Å²) in [6.07, 6.45) is -14.9. The monoisotopic (exact) mass is 294 g/mol. The first-order valence-electron chi connectivity index (χ1n) is 4.34. The summed E-state index contributed by atoms with van der Waals surface area (Å²) >= 11 is 5.35. The molecule has 0 saturated heterocycles. The first-order chi connectivity index (χ1) is 8.10. The van der Waals surface area contributed by atoms with E-state index in [1.165, 1.54) is 6.07 Å². The molecule has 3 nitrogen and oxygen atoms in total. The molecule has 18 heavy (non-hydrogen) atoms.